The van der Waals surface area contributed by atoms with E-state index in [-0.39, 0.29) is 6.42 Å². The van der Waals surface area contributed by atoms with Crippen molar-refractivity contribution in [1.82, 2.24) is 4.98 Å². The summed E-state index contributed by atoms with van der Waals surface area (Å²) in [7, 11) is 3.70. The van der Waals surface area contributed by atoms with Crippen molar-refractivity contribution < 1.29 is 9.90 Å². The molecular formula is C9H11N2O2-. The zero-order chi connectivity index (χ0) is 9.84. The number of anilines is 1. The summed E-state index contributed by atoms with van der Waals surface area (Å²) in [4.78, 5) is 16.2. The van der Waals surface area contributed by atoms with Crippen molar-refractivity contribution in [2.45, 2.75) is 6.42 Å². The molecular weight excluding hydrogens is 168 g/mol. The molecule has 0 aliphatic heterocycles. The van der Waals surface area contributed by atoms with Gasteiger partial charge in [0.25, 0.3) is 0 Å². The molecule has 0 aliphatic rings. The minimum Gasteiger partial charge on any atom is -0.550 e. The number of aromatic nitrogens is 1. The first-order chi connectivity index (χ1) is 6.09. The Morgan fingerprint density at radius 1 is 1.54 bits per heavy atom. The molecule has 70 valence electrons. The van der Waals surface area contributed by atoms with E-state index in [9.17, 15) is 9.90 Å². The number of hydrogen-bond acceptors (Lipinski definition) is 4. The molecule has 0 saturated carbocycles. The summed E-state index contributed by atoms with van der Waals surface area (Å²) in [5.41, 5.74) is 0.520. The predicted molar refractivity (Wildman–Crippen MR) is 47.3 cm³/mol. The van der Waals surface area contributed by atoms with Crippen LogP contribution in [-0.2, 0) is 11.2 Å². The fourth-order valence-electron chi connectivity index (χ4n) is 0.962. The zero-order valence-electron chi connectivity index (χ0n) is 7.65. The minimum absolute atomic E-state index is 0.137. The van der Waals surface area contributed by atoms with Crippen LogP contribution in [-0.4, -0.2) is 25.0 Å². The molecule has 0 unspecified atom stereocenters. The Morgan fingerprint density at radius 2 is 2.23 bits per heavy atom. The average molecular weight is 179 g/mol. The first kappa shape index (κ1) is 9.51. The summed E-state index contributed by atoms with van der Waals surface area (Å²) in [6, 6.07) is 5.27. The van der Waals surface area contributed by atoms with Crippen LogP contribution in [0.15, 0.2) is 18.2 Å². The van der Waals surface area contributed by atoms with Gasteiger partial charge in [0.05, 0.1) is 0 Å². The molecule has 4 heteroatoms. The Kier molecular flexibility index (Phi) is 2.84. The van der Waals surface area contributed by atoms with E-state index in [0.717, 1.165) is 5.82 Å². The Hall–Kier alpha value is -1.58. The molecule has 1 aromatic rings. The highest BCUT2D eigenvalue weighted by Gasteiger charge is 1.99. The van der Waals surface area contributed by atoms with E-state index >= 15 is 0 Å². The van der Waals surface area contributed by atoms with Gasteiger partial charge in [0, 0.05) is 32.2 Å². The van der Waals surface area contributed by atoms with Crippen LogP contribution in [0.5, 0.6) is 0 Å². The van der Waals surface area contributed by atoms with Gasteiger partial charge in [-0.15, -0.1) is 0 Å². The minimum atomic E-state index is -1.11. The molecule has 0 atom stereocenters. The smallest absolute Gasteiger partial charge is 0.128 e. The molecule has 0 fully saturated rings. The Bertz CT molecular complexity index is 310. The fraction of sp³-hybridized carbons (Fsp3) is 0.333. The van der Waals surface area contributed by atoms with Crippen LogP contribution >= 0.6 is 0 Å². The van der Waals surface area contributed by atoms with Crippen LogP contribution < -0.4 is 10.0 Å². The van der Waals surface area contributed by atoms with E-state index in [4.69, 9.17) is 0 Å². The molecule has 0 radical (unpaired) electrons. The molecule has 0 spiro atoms. The van der Waals surface area contributed by atoms with Crippen LogP contribution in [0.4, 0.5) is 5.82 Å². The van der Waals surface area contributed by atoms with E-state index in [2.05, 4.69) is 4.98 Å². The molecule has 0 amide bonds. The molecule has 0 bridgehead atoms. The van der Waals surface area contributed by atoms with Gasteiger partial charge in [-0.2, -0.15) is 0 Å². The van der Waals surface area contributed by atoms with Crippen LogP contribution in [0, 0.1) is 0 Å². The highest BCUT2D eigenvalue weighted by Crippen LogP contribution is 2.07. The SMILES string of the molecule is CN(C)c1cccc(CC(=O)[O-])n1. The van der Waals surface area contributed by atoms with E-state index in [1.165, 1.54) is 0 Å². The third kappa shape index (κ3) is 2.74. The van der Waals surface area contributed by atoms with E-state index < -0.39 is 5.97 Å². The molecule has 0 saturated heterocycles. The molecule has 1 aromatic heterocycles. The average Bonchev–Trinajstić information content (AvgIpc) is 2.03. The van der Waals surface area contributed by atoms with Crippen molar-refractivity contribution in [1.29, 1.82) is 0 Å². The summed E-state index contributed by atoms with van der Waals surface area (Å²) in [5.74, 6) is -0.359. The summed E-state index contributed by atoms with van der Waals surface area (Å²) < 4.78 is 0. The van der Waals surface area contributed by atoms with Gasteiger partial charge in [-0.25, -0.2) is 4.98 Å². The van der Waals surface area contributed by atoms with Gasteiger partial charge in [0.15, 0.2) is 0 Å². The van der Waals surface area contributed by atoms with Crippen molar-refractivity contribution >= 4 is 11.8 Å². The quantitative estimate of drug-likeness (QED) is 0.624. The number of carbonyl (C=O) groups is 1. The first-order valence-corrected chi connectivity index (χ1v) is 3.92. The molecule has 4 nitrogen and oxygen atoms in total. The van der Waals surface area contributed by atoms with Gasteiger partial charge >= 0.3 is 0 Å². The van der Waals surface area contributed by atoms with Gasteiger partial charge in [-0.1, -0.05) is 6.07 Å². The second-order valence-electron chi connectivity index (χ2n) is 2.93. The maximum absolute atomic E-state index is 10.3. The van der Waals surface area contributed by atoms with Gasteiger partial charge < -0.3 is 14.8 Å². The second-order valence-corrected chi connectivity index (χ2v) is 2.93. The standard InChI is InChI=1S/C9H12N2O2/c1-11(2)8-5-3-4-7(10-8)6-9(12)13/h3-5H,6H2,1-2H3,(H,12,13)/p-1. The maximum Gasteiger partial charge on any atom is 0.128 e. The Balaban J connectivity index is 2.85. The summed E-state index contributed by atoms with van der Waals surface area (Å²) in [6.45, 7) is 0. The number of carbonyl (C=O) groups excluding carboxylic acids is 1. The number of rotatable bonds is 3. The monoisotopic (exact) mass is 179 g/mol. The third-order valence-corrected chi connectivity index (χ3v) is 1.58. The lowest BCUT2D eigenvalue weighted by Crippen LogP contribution is -2.25. The van der Waals surface area contributed by atoms with Crippen molar-refractivity contribution in [2.75, 3.05) is 19.0 Å². The second kappa shape index (κ2) is 3.89. The largest absolute Gasteiger partial charge is 0.550 e. The molecule has 1 heterocycles. The number of carboxylic acid groups (broad SMARTS) is 1. The number of nitrogens with zero attached hydrogens (tertiary/aromatic N) is 2. The molecule has 0 aliphatic carbocycles. The van der Waals surface area contributed by atoms with Crippen LogP contribution in [0.25, 0.3) is 0 Å². The predicted octanol–water partition coefficient (Wildman–Crippen LogP) is -0.560. The van der Waals surface area contributed by atoms with Crippen molar-refractivity contribution in [3.05, 3.63) is 23.9 Å². The van der Waals surface area contributed by atoms with Crippen LogP contribution in [0.3, 0.4) is 0 Å². The Morgan fingerprint density at radius 3 is 2.77 bits per heavy atom. The van der Waals surface area contributed by atoms with Gasteiger partial charge in [-0.3, -0.25) is 0 Å². The van der Waals surface area contributed by atoms with Crippen LogP contribution in [0.2, 0.25) is 0 Å². The molecule has 0 aromatic carbocycles. The van der Waals surface area contributed by atoms with Crippen molar-refractivity contribution in [2.24, 2.45) is 0 Å². The lowest BCUT2D eigenvalue weighted by molar-refractivity contribution is -0.304. The highest BCUT2D eigenvalue weighted by atomic mass is 16.4. The highest BCUT2D eigenvalue weighted by molar-refractivity contribution is 5.67. The number of hydrogen-bond donors (Lipinski definition) is 0. The summed E-state index contributed by atoms with van der Waals surface area (Å²) in [5, 5.41) is 10.3. The zero-order valence-corrected chi connectivity index (χ0v) is 7.65. The van der Waals surface area contributed by atoms with E-state index in [1.807, 2.05) is 25.1 Å². The van der Waals surface area contributed by atoms with E-state index in [0.29, 0.717) is 5.69 Å². The number of aliphatic carboxylic acids is 1. The van der Waals surface area contributed by atoms with Crippen molar-refractivity contribution in [3.8, 4) is 0 Å². The topological polar surface area (TPSA) is 56.3 Å². The Labute approximate surface area is 76.8 Å². The molecule has 1 rings (SSSR count). The van der Waals surface area contributed by atoms with E-state index in [1.54, 1.807) is 12.1 Å². The maximum atomic E-state index is 10.3. The summed E-state index contributed by atoms with van der Waals surface area (Å²) >= 11 is 0. The van der Waals surface area contributed by atoms with Crippen molar-refractivity contribution in [3.63, 3.8) is 0 Å². The molecule has 0 N–H and O–H groups in total. The fourth-order valence-corrected chi connectivity index (χ4v) is 0.962. The van der Waals surface area contributed by atoms with Gasteiger partial charge in [0.2, 0.25) is 0 Å². The third-order valence-electron chi connectivity index (χ3n) is 1.58. The van der Waals surface area contributed by atoms with Gasteiger partial charge in [0.1, 0.15) is 5.82 Å². The lowest BCUT2D eigenvalue weighted by atomic mass is 10.3. The van der Waals surface area contributed by atoms with Crippen LogP contribution in [0.1, 0.15) is 5.69 Å². The normalized spacial score (nSPS) is 9.69. The molecule has 13 heavy (non-hydrogen) atoms. The first-order valence-electron chi connectivity index (χ1n) is 3.92. The summed E-state index contributed by atoms with van der Waals surface area (Å²) in [6.07, 6.45) is -0.137. The number of pyridine rings is 1. The van der Waals surface area contributed by atoms with Gasteiger partial charge in [-0.05, 0) is 12.1 Å². The number of carboxylic acids is 1. The lowest BCUT2D eigenvalue weighted by Gasteiger charge is -2.12.